The molecule has 0 amide bonds. The Morgan fingerprint density at radius 2 is 0.893 bits per heavy atom. The predicted molar refractivity (Wildman–Crippen MR) is 137 cm³/mol. The van der Waals surface area contributed by atoms with Crippen molar-refractivity contribution in [2.45, 2.75) is 142 Å². The predicted octanol–water partition coefficient (Wildman–Crippen LogP) is 9.90. The van der Waals surface area contributed by atoms with Crippen molar-refractivity contribution >= 4 is 22.6 Å². The first-order valence-electron chi connectivity index (χ1n) is 13.0. The van der Waals surface area contributed by atoms with Gasteiger partial charge in [0.25, 0.3) is 0 Å². The highest BCUT2D eigenvalue weighted by Gasteiger charge is 2.09. The van der Waals surface area contributed by atoms with Crippen LogP contribution in [0.5, 0.6) is 0 Å². The molecular weight excluding hydrogens is 455 g/mol. The van der Waals surface area contributed by atoms with Crippen molar-refractivity contribution in [3.05, 3.63) is 0 Å². The molecule has 0 aromatic carbocycles. The molecule has 0 N–H and O–H groups in total. The maximum atomic E-state index is 5.90. The normalized spacial score (nSPS) is 12.5. The van der Waals surface area contributed by atoms with E-state index in [1.54, 1.807) is 0 Å². The molecule has 0 aromatic heterocycles. The molecule has 0 heterocycles. The average molecular weight is 509 g/mol. The molecular formula is C26H53IO. The van der Waals surface area contributed by atoms with Gasteiger partial charge in [0.2, 0.25) is 0 Å². The first kappa shape index (κ1) is 28.7. The van der Waals surface area contributed by atoms with Crippen molar-refractivity contribution in [2.24, 2.45) is 5.92 Å². The van der Waals surface area contributed by atoms with Crippen LogP contribution in [0, 0.1) is 5.92 Å². The Kier molecular flexibility index (Phi) is 26.4. The van der Waals surface area contributed by atoms with Crippen molar-refractivity contribution in [1.82, 2.24) is 0 Å². The minimum Gasteiger partial charge on any atom is -0.380 e. The highest BCUT2D eigenvalue weighted by atomic mass is 127. The maximum Gasteiger partial charge on any atom is 0.0555 e. The van der Waals surface area contributed by atoms with Gasteiger partial charge >= 0.3 is 0 Å². The van der Waals surface area contributed by atoms with Gasteiger partial charge in [-0.25, -0.2) is 0 Å². The maximum absolute atomic E-state index is 5.90. The summed E-state index contributed by atoms with van der Waals surface area (Å²) in [4.78, 5) is 0. The van der Waals surface area contributed by atoms with Crippen LogP contribution in [-0.4, -0.2) is 17.6 Å². The van der Waals surface area contributed by atoms with Crippen LogP contribution in [0.1, 0.15) is 142 Å². The van der Waals surface area contributed by atoms with Crippen LogP contribution in [0.15, 0.2) is 0 Å². The largest absolute Gasteiger partial charge is 0.380 e. The topological polar surface area (TPSA) is 9.23 Å². The summed E-state index contributed by atoms with van der Waals surface area (Å²) >= 11 is 2.42. The third-order valence-corrected chi connectivity index (χ3v) is 6.45. The molecule has 0 aliphatic rings. The van der Waals surface area contributed by atoms with E-state index in [1.165, 1.54) is 128 Å². The number of halogens is 1. The lowest BCUT2D eigenvalue weighted by Gasteiger charge is -2.17. The summed E-state index contributed by atoms with van der Waals surface area (Å²) in [5, 5.41) is 0. The van der Waals surface area contributed by atoms with Gasteiger partial charge in [-0.2, -0.15) is 0 Å². The van der Waals surface area contributed by atoms with Gasteiger partial charge in [0, 0.05) is 11.0 Å². The lowest BCUT2D eigenvalue weighted by molar-refractivity contribution is 0.104. The molecule has 0 aliphatic heterocycles. The van der Waals surface area contributed by atoms with Gasteiger partial charge in [-0.1, -0.05) is 152 Å². The van der Waals surface area contributed by atoms with E-state index in [9.17, 15) is 0 Å². The summed E-state index contributed by atoms with van der Waals surface area (Å²) < 4.78 is 7.03. The van der Waals surface area contributed by atoms with E-state index in [1.807, 2.05) is 0 Å². The molecule has 0 aliphatic carbocycles. The smallest absolute Gasteiger partial charge is 0.0555 e. The van der Waals surface area contributed by atoms with Crippen LogP contribution in [0.4, 0.5) is 0 Å². The second-order valence-electron chi connectivity index (χ2n) is 8.86. The first-order valence-corrected chi connectivity index (χ1v) is 14.5. The van der Waals surface area contributed by atoms with Gasteiger partial charge in [0.15, 0.2) is 0 Å². The summed E-state index contributed by atoms with van der Waals surface area (Å²) in [6.45, 7) is 6.55. The monoisotopic (exact) mass is 508 g/mol. The van der Waals surface area contributed by atoms with Gasteiger partial charge in [0.05, 0.1) is 6.61 Å². The van der Waals surface area contributed by atoms with Crippen LogP contribution < -0.4 is 0 Å². The standard InChI is InChI=1S/C26H53IO/c1-3-5-7-9-11-13-14-16-18-20-22-26(25-28-24-23-27)21-19-17-15-12-10-8-6-4-2/h26H,3-25H2,1-2H3. The Morgan fingerprint density at radius 1 is 0.536 bits per heavy atom. The van der Waals surface area contributed by atoms with Gasteiger partial charge < -0.3 is 4.74 Å². The molecule has 0 saturated carbocycles. The zero-order valence-electron chi connectivity index (χ0n) is 19.6. The van der Waals surface area contributed by atoms with E-state index in [4.69, 9.17) is 4.74 Å². The van der Waals surface area contributed by atoms with Crippen LogP contribution in [0.2, 0.25) is 0 Å². The van der Waals surface area contributed by atoms with E-state index in [-0.39, 0.29) is 0 Å². The molecule has 0 rings (SSSR count). The Hall–Kier alpha value is 0.690. The molecule has 0 fully saturated rings. The van der Waals surface area contributed by atoms with Crippen LogP contribution >= 0.6 is 22.6 Å². The third-order valence-electron chi connectivity index (χ3n) is 6.01. The number of rotatable bonds is 24. The summed E-state index contributed by atoms with van der Waals surface area (Å²) in [6, 6.07) is 0. The van der Waals surface area contributed by atoms with Crippen molar-refractivity contribution in [3.8, 4) is 0 Å². The molecule has 0 radical (unpaired) electrons. The van der Waals surface area contributed by atoms with E-state index in [0.717, 1.165) is 23.6 Å². The highest BCUT2D eigenvalue weighted by molar-refractivity contribution is 14.1. The molecule has 1 atom stereocenters. The molecule has 0 aromatic rings. The van der Waals surface area contributed by atoms with Gasteiger partial charge in [0.1, 0.15) is 0 Å². The fraction of sp³-hybridized carbons (Fsp3) is 1.00. The fourth-order valence-corrected chi connectivity index (χ4v) is 4.41. The molecule has 1 unspecified atom stereocenters. The van der Waals surface area contributed by atoms with Crippen LogP contribution in [-0.2, 0) is 4.74 Å². The van der Waals surface area contributed by atoms with E-state index >= 15 is 0 Å². The molecule has 1 nitrogen and oxygen atoms in total. The molecule has 0 saturated heterocycles. The van der Waals surface area contributed by atoms with Crippen LogP contribution in [0.3, 0.4) is 0 Å². The quantitative estimate of drug-likeness (QED) is 0.0716. The molecule has 0 spiro atoms. The third kappa shape index (κ3) is 23.0. The number of unbranched alkanes of at least 4 members (excludes halogenated alkanes) is 16. The lowest BCUT2D eigenvalue weighted by atomic mass is 9.94. The Balaban J connectivity index is 3.61. The van der Waals surface area contributed by atoms with Crippen molar-refractivity contribution in [2.75, 3.05) is 17.6 Å². The number of ether oxygens (including phenoxy) is 1. The Morgan fingerprint density at radius 3 is 1.25 bits per heavy atom. The SMILES string of the molecule is CCCCCCCCCCCCC(CCCCCCCCCC)COCCI. The summed E-state index contributed by atoms with van der Waals surface area (Å²) in [5.41, 5.74) is 0. The van der Waals surface area contributed by atoms with E-state index in [2.05, 4.69) is 36.4 Å². The summed E-state index contributed by atoms with van der Waals surface area (Å²) in [7, 11) is 0. The van der Waals surface area contributed by atoms with Crippen molar-refractivity contribution in [1.29, 1.82) is 0 Å². The molecule has 2 heteroatoms. The second kappa shape index (κ2) is 25.7. The van der Waals surface area contributed by atoms with Gasteiger partial charge in [-0.15, -0.1) is 0 Å². The minimum atomic E-state index is 0.817. The summed E-state index contributed by atoms with van der Waals surface area (Å²) in [6.07, 6.45) is 28.6. The molecule has 0 bridgehead atoms. The Labute approximate surface area is 192 Å². The number of hydrogen-bond acceptors (Lipinski definition) is 1. The number of alkyl halides is 1. The van der Waals surface area contributed by atoms with Crippen molar-refractivity contribution < 1.29 is 4.74 Å². The van der Waals surface area contributed by atoms with E-state index < -0.39 is 0 Å². The van der Waals surface area contributed by atoms with Gasteiger partial charge in [-0.3, -0.25) is 0 Å². The second-order valence-corrected chi connectivity index (χ2v) is 9.94. The molecule has 28 heavy (non-hydrogen) atoms. The van der Waals surface area contributed by atoms with Crippen molar-refractivity contribution in [3.63, 3.8) is 0 Å². The number of hydrogen-bond donors (Lipinski definition) is 0. The zero-order chi connectivity index (χ0) is 20.5. The Bertz CT molecular complexity index is 269. The summed E-state index contributed by atoms with van der Waals surface area (Å²) in [5.74, 6) is 0.817. The lowest BCUT2D eigenvalue weighted by Crippen LogP contribution is -2.11. The first-order chi connectivity index (χ1) is 13.8. The minimum absolute atomic E-state index is 0.817. The zero-order valence-corrected chi connectivity index (χ0v) is 21.8. The van der Waals surface area contributed by atoms with E-state index in [0.29, 0.717) is 0 Å². The van der Waals surface area contributed by atoms with Crippen LogP contribution in [0.25, 0.3) is 0 Å². The van der Waals surface area contributed by atoms with Gasteiger partial charge in [-0.05, 0) is 18.8 Å². The average Bonchev–Trinajstić information content (AvgIpc) is 2.71. The fourth-order valence-electron chi connectivity index (χ4n) is 4.10. The molecule has 170 valence electrons. The highest BCUT2D eigenvalue weighted by Crippen LogP contribution is 2.20.